The van der Waals surface area contributed by atoms with Crippen LogP contribution in [-0.4, -0.2) is 28.3 Å². The zero-order chi connectivity index (χ0) is 6.62. The van der Waals surface area contributed by atoms with Crippen molar-refractivity contribution in [1.82, 2.24) is 0 Å². The minimum absolute atomic E-state index is 0.355. The van der Waals surface area contributed by atoms with Crippen molar-refractivity contribution in [2.24, 2.45) is 0 Å². The third-order valence-electron chi connectivity index (χ3n) is 1.09. The quantitative estimate of drug-likeness (QED) is 0.431. The molecule has 0 saturated heterocycles. The lowest BCUT2D eigenvalue weighted by atomic mass is 10.5. The third kappa shape index (κ3) is 2.96. The Balaban J connectivity index is 3.37. The lowest BCUT2D eigenvalue weighted by Crippen LogP contribution is -2.41. The van der Waals surface area contributed by atoms with Crippen LogP contribution in [-0.2, 0) is 0 Å². The minimum Gasteiger partial charge on any atom is -0.182 e. The molecule has 0 atom stereocenters. The van der Waals surface area contributed by atoms with Gasteiger partial charge in [-0.15, -0.1) is 0 Å². The molecule has 0 aliphatic rings. The molecule has 0 aliphatic carbocycles. The molecule has 8 heavy (non-hydrogen) atoms. The average molecular weight is 120 g/mol. The Hall–Kier alpha value is -0.120. The average Bonchev–Trinajstić information content (AvgIpc) is 1.67. The van der Waals surface area contributed by atoms with Gasteiger partial charge in [0, 0.05) is 0 Å². The molecule has 0 saturated carbocycles. The molecule has 0 aromatic carbocycles. The van der Waals surface area contributed by atoms with Crippen molar-refractivity contribution < 1.29 is 15.2 Å². The van der Waals surface area contributed by atoms with Crippen LogP contribution in [0.1, 0.15) is 20.3 Å². The summed E-state index contributed by atoms with van der Waals surface area (Å²) in [7, 11) is 0. The highest BCUT2D eigenvalue weighted by Gasteiger charge is 2.16. The summed E-state index contributed by atoms with van der Waals surface area (Å²) < 4.78 is 0. The SMILES string of the molecule is CCC[N+](O)(O)CC. The van der Waals surface area contributed by atoms with Crippen molar-refractivity contribution in [3.05, 3.63) is 0 Å². The molecule has 0 aromatic rings. The molecule has 0 rings (SSSR count). The number of quaternary nitrogens is 1. The predicted octanol–water partition coefficient (Wildman–Crippen LogP) is 1.01. The van der Waals surface area contributed by atoms with Gasteiger partial charge in [-0.25, -0.2) is 0 Å². The summed E-state index contributed by atoms with van der Waals surface area (Å²) >= 11 is 0. The highest BCUT2D eigenvalue weighted by molar-refractivity contribution is 4.17. The monoisotopic (exact) mass is 120 g/mol. The number of hydrogen-bond acceptors (Lipinski definition) is 2. The van der Waals surface area contributed by atoms with Crippen molar-refractivity contribution in [3.8, 4) is 0 Å². The van der Waals surface area contributed by atoms with E-state index in [-0.39, 0.29) is 0 Å². The molecule has 3 nitrogen and oxygen atoms in total. The molecule has 0 heterocycles. The van der Waals surface area contributed by atoms with Crippen molar-refractivity contribution in [2.75, 3.05) is 13.1 Å². The van der Waals surface area contributed by atoms with Crippen LogP contribution in [0.2, 0.25) is 0 Å². The molecule has 0 amide bonds. The molecular formula is C5H14NO2+. The first-order valence-electron chi connectivity index (χ1n) is 2.95. The fourth-order valence-corrected chi connectivity index (χ4v) is 0.516. The van der Waals surface area contributed by atoms with Gasteiger partial charge in [-0.05, 0) is 18.2 Å². The zero-order valence-corrected chi connectivity index (χ0v) is 5.46. The first-order valence-corrected chi connectivity index (χ1v) is 2.95. The number of rotatable bonds is 3. The van der Waals surface area contributed by atoms with Crippen LogP contribution in [0.15, 0.2) is 0 Å². The van der Waals surface area contributed by atoms with E-state index in [0.29, 0.717) is 13.1 Å². The van der Waals surface area contributed by atoms with E-state index in [1.165, 1.54) is 0 Å². The van der Waals surface area contributed by atoms with Gasteiger partial charge in [0.25, 0.3) is 0 Å². The standard InChI is InChI=1S/C5H14NO2/c1-3-5-6(7,8)4-2/h7-8H,3-5H2,1-2H3/q+1. The highest BCUT2D eigenvalue weighted by atomic mass is 16.8. The predicted molar refractivity (Wildman–Crippen MR) is 29.5 cm³/mol. The van der Waals surface area contributed by atoms with E-state index in [1.807, 2.05) is 6.92 Å². The largest absolute Gasteiger partial charge is 0.182 e. The van der Waals surface area contributed by atoms with E-state index in [0.717, 1.165) is 6.42 Å². The summed E-state index contributed by atoms with van der Waals surface area (Å²) in [5.41, 5.74) is 0. The highest BCUT2D eigenvalue weighted by Crippen LogP contribution is 1.94. The number of hydrogen-bond donors (Lipinski definition) is 2. The molecule has 2 N–H and O–H groups in total. The maximum Gasteiger partial charge on any atom is 0.141 e. The third-order valence-corrected chi connectivity index (χ3v) is 1.09. The molecule has 0 aromatic heterocycles. The summed E-state index contributed by atoms with van der Waals surface area (Å²) in [6.07, 6.45) is 0.792. The first kappa shape index (κ1) is 7.88. The second kappa shape index (κ2) is 3.02. The Morgan fingerprint density at radius 2 is 1.75 bits per heavy atom. The molecule has 0 fully saturated rings. The summed E-state index contributed by atoms with van der Waals surface area (Å²) in [4.78, 5) is -0.837. The van der Waals surface area contributed by atoms with Crippen molar-refractivity contribution >= 4 is 0 Å². The lowest BCUT2D eigenvalue weighted by molar-refractivity contribution is -1.24. The van der Waals surface area contributed by atoms with Gasteiger partial charge in [-0.3, -0.25) is 0 Å². The van der Waals surface area contributed by atoms with Gasteiger partial charge in [0.05, 0.1) is 0 Å². The summed E-state index contributed by atoms with van der Waals surface area (Å²) in [5.74, 6) is 0. The van der Waals surface area contributed by atoms with Crippen molar-refractivity contribution in [1.29, 1.82) is 0 Å². The molecule has 50 valence electrons. The smallest absolute Gasteiger partial charge is 0.141 e. The maximum absolute atomic E-state index is 8.82. The van der Waals surface area contributed by atoms with Crippen molar-refractivity contribution in [2.45, 2.75) is 20.3 Å². The summed E-state index contributed by atoms with van der Waals surface area (Å²) in [5, 5.41) is 17.6. The Bertz CT molecular complexity index is 63.4. The van der Waals surface area contributed by atoms with E-state index in [4.69, 9.17) is 10.4 Å². The van der Waals surface area contributed by atoms with Gasteiger partial charge < -0.3 is 0 Å². The van der Waals surface area contributed by atoms with Crippen LogP contribution in [0.25, 0.3) is 0 Å². The molecular weight excluding hydrogens is 106 g/mol. The maximum atomic E-state index is 8.82. The van der Waals surface area contributed by atoms with E-state index in [1.54, 1.807) is 6.92 Å². The van der Waals surface area contributed by atoms with Gasteiger partial charge >= 0.3 is 0 Å². The topological polar surface area (TPSA) is 40.5 Å². The van der Waals surface area contributed by atoms with E-state index in [9.17, 15) is 0 Å². The van der Waals surface area contributed by atoms with Crippen LogP contribution in [0.3, 0.4) is 0 Å². The molecule has 3 heteroatoms. The van der Waals surface area contributed by atoms with E-state index in [2.05, 4.69) is 0 Å². The second-order valence-electron chi connectivity index (χ2n) is 1.92. The van der Waals surface area contributed by atoms with Gasteiger partial charge in [0.1, 0.15) is 13.1 Å². The number of hydroxylamine groups is 4. The van der Waals surface area contributed by atoms with Gasteiger partial charge in [0.2, 0.25) is 0 Å². The van der Waals surface area contributed by atoms with Crippen LogP contribution in [0.5, 0.6) is 0 Å². The fourth-order valence-electron chi connectivity index (χ4n) is 0.516. The minimum atomic E-state index is -0.837. The van der Waals surface area contributed by atoms with Crippen LogP contribution < -0.4 is 0 Å². The Morgan fingerprint density at radius 1 is 1.25 bits per heavy atom. The Morgan fingerprint density at radius 3 is 1.88 bits per heavy atom. The number of nitrogens with zero attached hydrogens (tertiary/aromatic N) is 1. The second-order valence-corrected chi connectivity index (χ2v) is 1.92. The van der Waals surface area contributed by atoms with Gasteiger partial charge in [-0.2, -0.15) is 10.4 Å². The Kier molecular flexibility index (Phi) is 2.97. The molecule has 0 bridgehead atoms. The summed E-state index contributed by atoms with van der Waals surface area (Å²) in [6.45, 7) is 4.41. The van der Waals surface area contributed by atoms with Crippen LogP contribution >= 0.6 is 0 Å². The zero-order valence-electron chi connectivity index (χ0n) is 5.46. The van der Waals surface area contributed by atoms with Crippen LogP contribution in [0, 0.1) is 0 Å². The van der Waals surface area contributed by atoms with E-state index >= 15 is 0 Å². The first-order chi connectivity index (χ1) is 3.62. The molecule has 0 radical (unpaired) electrons. The van der Waals surface area contributed by atoms with E-state index < -0.39 is 4.81 Å². The normalized spacial score (nSPS) is 12.0. The van der Waals surface area contributed by atoms with Crippen LogP contribution in [0.4, 0.5) is 0 Å². The summed E-state index contributed by atoms with van der Waals surface area (Å²) in [6, 6.07) is 0. The Labute approximate surface area is 49.7 Å². The molecule has 0 aliphatic heterocycles. The van der Waals surface area contributed by atoms with Gasteiger partial charge in [0.15, 0.2) is 0 Å². The van der Waals surface area contributed by atoms with Crippen molar-refractivity contribution in [3.63, 3.8) is 0 Å². The molecule has 0 spiro atoms. The van der Waals surface area contributed by atoms with Gasteiger partial charge in [-0.1, -0.05) is 6.92 Å². The molecule has 0 unspecified atom stereocenters. The fraction of sp³-hybridized carbons (Fsp3) is 1.00. The lowest BCUT2D eigenvalue weighted by Gasteiger charge is -2.17.